The second kappa shape index (κ2) is 12.2. The highest BCUT2D eigenvalue weighted by molar-refractivity contribution is 7.89. The van der Waals surface area contributed by atoms with Crippen molar-refractivity contribution in [2.45, 2.75) is 43.7 Å². The van der Waals surface area contributed by atoms with Gasteiger partial charge in [-0.1, -0.05) is 0 Å². The fourth-order valence-corrected chi connectivity index (χ4v) is 7.43. The van der Waals surface area contributed by atoms with E-state index in [9.17, 15) is 13.2 Å². The molecule has 1 aromatic rings. The monoisotopic (exact) mass is 525 g/mol. The molecular formula is C25H39N3O7S. The van der Waals surface area contributed by atoms with Crippen LogP contribution in [0.25, 0.3) is 0 Å². The van der Waals surface area contributed by atoms with Crippen LogP contribution in [0.5, 0.6) is 5.75 Å². The first-order chi connectivity index (χ1) is 17.3. The van der Waals surface area contributed by atoms with Crippen LogP contribution in [-0.2, 0) is 29.0 Å². The van der Waals surface area contributed by atoms with Gasteiger partial charge in [0, 0.05) is 38.8 Å². The number of likely N-dealkylation sites (tertiary alicyclic amines) is 1. The number of sulfonamides is 1. The zero-order valence-electron chi connectivity index (χ0n) is 21.6. The molecule has 4 rings (SSSR count). The fraction of sp³-hybridized carbons (Fsp3) is 0.720. The standard InChI is InChI=1S/C25H39N3O7S/c1-19-14-23(32-3)15-20(2)25(19)36(30,31)28-10-13-34-16-22(28)17-35-18-24(29)27-6-4-21(5-7-27)26-8-11-33-12-9-26/h14-15,21-22H,4-13,16-18H2,1-3H3. The number of hydrogen-bond acceptors (Lipinski definition) is 8. The number of aryl methyl sites for hydroxylation is 2. The maximum atomic E-state index is 13.6. The topological polar surface area (TPSA) is 97.9 Å². The first-order valence-corrected chi connectivity index (χ1v) is 14.2. The van der Waals surface area contributed by atoms with Gasteiger partial charge in [-0.2, -0.15) is 4.31 Å². The summed E-state index contributed by atoms with van der Waals surface area (Å²) in [6, 6.07) is 3.46. The molecule has 3 aliphatic heterocycles. The van der Waals surface area contributed by atoms with Gasteiger partial charge in [-0.3, -0.25) is 9.69 Å². The lowest BCUT2D eigenvalue weighted by atomic mass is 10.0. The summed E-state index contributed by atoms with van der Waals surface area (Å²) < 4.78 is 50.8. The van der Waals surface area contributed by atoms with Crippen molar-refractivity contribution in [1.82, 2.24) is 14.1 Å². The van der Waals surface area contributed by atoms with E-state index in [0.717, 1.165) is 39.1 Å². The highest BCUT2D eigenvalue weighted by atomic mass is 32.2. The number of carbonyl (C=O) groups is 1. The summed E-state index contributed by atoms with van der Waals surface area (Å²) in [5.74, 6) is 0.571. The average molecular weight is 526 g/mol. The Hall–Kier alpha value is -1.76. The van der Waals surface area contributed by atoms with E-state index in [1.807, 2.05) is 4.90 Å². The van der Waals surface area contributed by atoms with Crippen molar-refractivity contribution in [2.24, 2.45) is 0 Å². The van der Waals surface area contributed by atoms with Gasteiger partial charge in [-0.25, -0.2) is 8.42 Å². The van der Waals surface area contributed by atoms with Crippen LogP contribution in [-0.4, -0.2) is 120 Å². The Kier molecular flexibility index (Phi) is 9.24. The van der Waals surface area contributed by atoms with E-state index < -0.39 is 16.1 Å². The smallest absolute Gasteiger partial charge is 0.248 e. The lowest BCUT2D eigenvalue weighted by Gasteiger charge is -2.40. The summed E-state index contributed by atoms with van der Waals surface area (Å²) in [6.07, 6.45) is 1.91. The third kappa shape index (κ3) is 6.20. The van der Waals surface area contributed by atoms with Gasteiger partial charge in [0.15, 0.2) is 0 Å². The van der Waals surface area contributed by atoms with Crippen LogP contribution >= 0.6 is 0 Å². The Morgan fingerprint density at radius 3 is 2.28 bits per heavy atom. The van der Waals surface area contributed by atoms with E-state index in [4.69, 9.17) is 18.9 Å². The van der Waals surface area contributed by atoms with Crippen LogP contribution in [0.4, 0.5) is 0 Å². The van der Waals surface area contributed by atoms with Gasteiger partial charge in [0.1, 0.15) is 12.4 Å². The zero-order chi connectivity index (χ0) is 25.7. The van der Waals surface area contributed by atoms with Gasteiger partial charge in [0.05, 0.1) is 51.1 Å². The number of morpholine rings is 2. The minimum absolute atomic E-state index is 0.0524. The van der Waals surface area contributed by atoms with E-state index >= 15 is 0 Å². The Morgan fingerprint density at radius 1 is 1.00 bits per heavy atom. The number of ether oxygens (including phenoxy) is 4. The molecule has 1 amide bonds. The van der Waals surface area contributed by atoms with Crippen LogP contribution in [0.1, 0.15) is 24.0 Å². The summed E-state index contributed by atoms with van der Waals surface area (Å²) in [6.45, 7) is 9.28. The lowest BCUT2D eigenvalue weighted by molar-refractivity contribution is -0.139. The Morgan fingerprint density at radius 2 is 1.64 bits per heavy atom. The lowest BCUT2D eigenvalue weighted by Crippen LogP contribution is -2.52. The predicted molar refractivity (Wildman–Crippen MR) is 134 cm³/mol. The molecule has 1 aromatic carbocycles. The van der Waals surface area contributed by atoms with E-state index in [0.29, 0.717) is 42.6 Å². The molecule has 0 radical (unpaired) electrons. The molecule has 0 N–H and O–H groups in total. The molecule has 0 aliphatic carbocycles. The number of methoxy groups -OCH3 is 1. The van der Waals surface area contributed by atoms with Crippen LogP contribution < -0.4 is 4.74 Å². The third-order valence-electron chi connectivity index (χ3n) is 7.32. The predicted octanol–water partition coefficient (Wildman–Crippen LogP) is 1.04. The molecule has 0 saturated carbocycles. The second-order valence-corrected chi connectivity index (χ2v) is 11.5. The van der Waals surface area contributed by atoms with Gasteiger partial charge in [0.2, 0.25) is 15.9 Å². The fourth-order valence-electron chi connectivity index (χ4n) is 5.44. The molecule has 3 heterocycles. The molecule has 0 aromatic heterocycles. The molecule has 1 atom stereocenters. The normalized spacial score (nSPS) is 23.1. The molecule has 3 fully saturated rings. The van der Waals surface area contributed by atoms with Crippen LogP contribution in [0, 0.1) is 13.8 Å². The third-order valence-corrected chi connectivity index (χ3v) is 9.58. The molecule has 0 bridgehead atoms. The first-order valence-electron chi connectivity index (χ1n) is 12.7. The van der Waals surface area contributed by atoms with Crippen LogP contribution in [0.3, 0.4) is 0 Å². The van der Waals surface area contributed by atoms with Gasteiger partial charge in [-0.05, 0) is 49.9 Å². The van der Waals surface area contributed by atoms with Crippen molar-refractivity contribution in [3.8, 4) is 5.75 Å². The van der Waals surface area contributed by atoms with Gasteiger partial charge in [-0.15, -0.1) is 0 Å². The zero-order valence-corrected chi connectivity index (χ0v) is 22.4. The van der Waals surface area contributed by atoms with Crippen molar-refractivity contribution < 1.29 is 32.2 Å². The number of hydrogen-bond donors (Lipinski definition) is 0. The molecule has 0 spiro atoms. The maximum Gasteiger partial charge on any atom is 0.248 e. The van der Waals surface area contributed by atoms with E-state index in [1.165, 1.54) is 4.31 Å². The highest BCUT2D eigenvalue weighted by Gasteiger charge is 2.36. The molecule has 202 valence electrons. The summed E-state index contributed by atoms with van der Waals surface area (Å²) in [4.78, 5) is 17.4. The molecule has 1 unspecified atom stereocenters. The largest absolute Gasteiger partial charge is 0.497 e. The van der Waals surface area contributed by atoms with E-state index in [2.05, 4.69) is 4.90 Å². The van der Waals surface area contributed by atoms with E-state index in [1.54, 1.807) is 33.1 Å². The van der Waals surface area contributed by atoms with Crippen LogP contribution in [0.2, 0.25) is 0 Å². The quantitative estimate of drug-likeness (QED) is 0.497. The summed E-state index contributed by atoms with van der Waals surface area (Å²) in [7, 11) is -2.22. The summed E-state index contributed by atoms with van der Waals surface area (Å²) >= 11 is 0. The van der Waals surface area contributed by atoms with E-state index in [-0.39, 0.29) is 37.2 Å². The molecule has 36 heavy (non-hydrogen) atoms. The van der Waals surface area contributed by atoms with Crippen molar-refractivity contribution in [3.63, 3.8) is 0 Å². The summed E-state index contributed by atoms with van der Waals surface area (Å²) in [5.41, 5.74) is 1.27. The average Bonchev–Trinajstić information content (AvgIpc) is 2.89. The van der Waals surface area contributed by atoms with Gasteiger partial charge in [0.25, 0.3) is 0 Å². The second-order valence-electron chi connectivity index (χ2n) is 9.71. The van der Waals surface area contributed by atoms with Gasteiger partial charge >= 0.3 is 0 Å². The number of benzene rings is 1. The van der Waals surface area contributed by atoms with Crippen molar-refractivity contribution in [3.05, 3.63) is 23.3 Å². The maximum absolute atomic E-state index is 13.6. The number of rotatable bonds is 8. The van der Waals surface area contributed by atoms with Crippen molar-refractivity contribution in [2.75, 3.05) is 79.5 Å². The first kappa shape index (κ1) is 27.3. The van der Waals surface area contributed by atoms with Crippen molar-refractivity contribution >= 4 is 15.9 Å². The minimum Gasteiger partial charge on any atom is -0.497 e. The molecule has 10 nitrogen and oxygen atoms in total. The molecule has 11 heteroatoms. The minimum atomic E-state index is -3.78. The van der Waals surface area contributed by atoms with Crippen LogP contribution in [0.15, 0.2) is 17.0 Å². The summed E-state index contributed by atoms with van der Waals surface area (Å²) in [5, 5.41) is 0. The van der Waals surface area contributed by atoms with Crippen molar-refractivity contribution in [1.29, 1.82) is 0 Å². The number of amides is 1. The Bertz CT molecular complexity index is 982. The van der Waals surface area contributed by atoms with Gasteiger partial charge < -0.3 is 23.8 Å². The highest BCUT2D eigenvalue weighted by Crippen LogP contribution is 2.30. The SMILES string of the molecule is COc1cc(C)c(S(=O)(=O)N2CCOCC2COCC(=O)N2CCC(N3CCOCC3)CC2)c(C)c1. The molecule has 3 saturated heterocycles. The number of carbonyl (C=O) groups excluding carboxylic acids is 1. The molecule has 3 aliphatic rings. The molecular weight excluding hydrogens is 486 g/mol. The Balaban J connectivity index is 1.31. The number of nitrogens with zero attached hydrogens (tertiary/aromatic N) is 3. The Labute approximate surface area is 214 Å². The number of piperidine rings is 1.